The molecule has 1 heterocycles. The van der Waals surface area contributed by atoms with Crippen LogP contribution < -0.4 is 11.3 Å². The third-order valence-corrected chi connectivity index (χ3v) is 4.16. The van der Waals surface area contributed by atoms with E-state index in [1.165, 1.54) is 0 Å². The molecule has 0 spiro atoms. The molecule has 1 aromatic rings. The molecule has 7 heteroatoms. The molecule has 0 aromatic heterocycles. The molecule has 1 fully saturated rings. The van der Waals surface area contributed by atoms with Crippen LogP contribution in [0.3, 0.4) is 0 Å². The van der Waals surface area contributed by atoms with Gasteiger partial charge >= 0.3 is 0 Å². The number of benzene rings is 1. The minimum absolute atomic E-state index is 0.0118. The third-order valence-electron chi connectivity index (χ3n) is 3.01. The maximum Gasteiger partial charge on any atom is 0.293 e. The van der Waals surface area contributed by atoms with Crippen LogP contribution in [0.1, 0.15) is 18.4 Å². The Labute approximate surface area is 115 Å². The van der Waals surface area contributed by atoms with Crippen LogP contribution in [0.25, 0.3) is 0 Å². The first kappa shape index (κ1) is 14.1. The average molecular weight is 283 g/mol. The molecule has 1 atom stereocenters. The summed E-state index contributed by atoms with van der Waals surface area (Å²) in [6.45, 7) is 0.855. The number of nitro benzene ring substituents is 1. The van der Waals surface area contributed by atoms with Crippen molar-refractivity contribution in [1.82, 2.24) is 0 Å². The van der Waals surface area contributed by atoms with Gasteiger partial charge in [-0.25, -0.2) is 0 Å². The highest BCUT2D eigenvalue weighted by molar-refractivity contribution is 7.98. The first-order valence-electron chi connectivity index (χ1n) is 6.14. The summed E-state index contributed by atoms with van der Waals surface area (Å²) < 4.78 is 5.53. The molecule has 1 unspecified atom stereocenters. The number of nitrogens with zero attached hydrogens (tertiary/aromatic N) is 1. The van der Waals surface area contributed by atoms with E-state index in [1.807, 2.05) is 6.07 Å². The smallest absolute Gasteiger partial charge is 0.293 e. The predicted octanol–water partition coefficient (Wildman–Crippen LogP) is 2.29. The van der Waals surface area contributed by atoms with Gasteiger partial charge in [0.05, 0.1) is 11.0 Å². The lowest BCUT2D eigenvalue weighted by molar-refractivity contribution is -0.384. The molecule has 1 aliphatic rings. The minimum atomic E-state index is -0.427. The number of nitrogens with two attached hydrogens (primary N) is 1. The molecule has 19 heavy (non-hydrogen) atoms. The van der Waals surface area contributed by atoms with Crippen molar-refractivity contribution in [1.29, 1.82) is 0 Å². The van der Waals surface area contributed by atoms with E-state index in [1.54, 1.807) is 23.9 Å². The summed E-state index contributed by atoms with van der Waals surface area (Å²) in [5.41, 5.74) is 3.60. The first-order chi connectivity index (χ1) is 9.20. The number of hydrazine groups is 1. The second kappa shape index (κ2) is 6.74. The van der Waals surface area contributed by atoms with Crippen molar-refractivity contribution in [2.24, 2.45) is 5.84 Å². The Hall–Kier alpha value is -1.31. The van der Waals surface area contributed by atoms with E-state index in [0.29, 0.717) is 11.8 Å². The molecule has 1 aliphatic heterocycles. The van der Waals surface area contributed by atoms with E-state index in [-0.39, 0.29) is 5.69 Å². The SMILES string of the molecule is NNc1ccc(CSCC2CCCO2)cc1[N+](=O)[O-]. The number of nitro groups is 1. The minimum Gasteiger partial charge on any atom is -0.377 e. The molecule has 0 bridgehead atoms. The van der Waals surface area contributed by atoms with Crippen LogP contribution >= 0.6 is 11.8 Å². The van der Waals surface area contributed by atoms with Crippen molar-refractivity contribution >= 4 is 23.1 Å². The van der Waals surface area contributed by atoms with Gasteiger partial charge in [-0.1, -0.05) is 6.07 Å². The number of hydrogen-bond acceptors (Lipinski definition) is 6. The Kier molecular flexibility index (Phi) is 5.00. The lowest BCUT2D eigenvalue weighted by Crippen LogP contribution is -2.09. The fraction of sp³-hybridized carbons (Fsp3) is 0.500. The number of ether oxygens (including phenoxy) is 1. The first-order valence-corrected chi connectivity index (χ1v) is 7.29. The normalized spacial score (nSPS) is 18.5. The molecular formula is C12H17N3O3S. The van der Waals surface area contributed by atoms with Crippen LogP contribution in [-0.2, 0) is 10.5 Å². The van der Waals surface area contributed by atoms with E-state index < -0.39 is 4.92 Å². The maximum atomic E-state index is 10.9. The van der Waals surface area contributed by atoms with E-state index in [2.05, 4.69) is 5.43 Å². The summed E-state index contributed by atoms with van der Waals surface area (Å²) in [6.07, 6.45) is 2.58. The Morgan fingerprint density at radius 2 is 2.42 bits per heavy atom. The van der Waals surface area contributed by atoms with Gasteiger partial charge in [0.1, 0.15) is 5.69 Å². The molecular weight excluding hydrogens is 266 g/mol. The summed E-state index contributed by atoms with van der Waals surface area (Å²) >= 11 is 1.74. The van der Waals surface area contributed by atoms with E-state index in [9.17, 15) is 10.1 Å². The number of hydrogen-bond donors (Lipinski definition) is 2. The molecule has 0 aliphatic carbocycles. The molecule has 2 rings (SSSR count). The van der Waals surface area contributed by atoms with Gasteiger partial charge in [-0.15, -0.1) is 0 Å². The molecule has 6 nitrogen and oxygen atoms in total. The number of nitrogen functional groups attached to an aromatic ring is 1. The van der Waals surface area contributed by atoms with E-state index in [4.69, 9.17) is 10.6 Å². The Bertz CT molecular complexity index is 450. The summed E-state index contributed by atoms with van der Waals surface area (Å²) in [6, 6.07) is 5.06. The van der Waals surface area contributed by atoms with Crippen LogP contribution in [0.4, 0.5) is 11.4 Å². The molecule has 0 amide bonds. The van der Waals surface area contributed by atoms with Gasteiger partial charge in [0, 0.05) is 24.2 Å². The van der Waals surface area contributed by atoms with Gasteiger partial charge < -0.3 is 10.2 Å². The van der Waals surface area contributed by atoms with Gasteiger partial charge in [0.15, 0.2) is 0 Å². The molecule has 3 N–H and O–H groups in total. The van der Waals surface area contributed by atoms with Gasteiger partial charge in [-0.05, 0) is 24.5 Å². The zero-order valence-electron chi connectivity index (χ0n) is 10.5. The highest BCUT2D eigenvalue weighted by Crippen LogP contribution is 2.27. The molecule has 0 radical (unpaired) electrons. The van der Waals surface area contributed by atoms with E-state index >= 15 is 0 Å². The van der Waals surface area contributed by atoms with Crippen molar-refractivity contribution in [3.05, 3.63) is 33.9 Å². The van der Waals surface area contributed by atoms with Crippen molar-refractivity contribution in [2.45, 2.75) is 24.7 Å². The Morgan fingerprint density at radius 1 is 1.58 bits per heavy atom. The van der Waals surface area contributed by atoms with Crippen LogP contribution in [0, 0.1) is 10.1 Å². The number of rotatable bonds is 6. The van der Waals surface area contributed by atoms with Gasteiger partial charge in [-0.3, -0.25) is 16.0 Å². The monoisotopic (exact) mass is 283 g/mol. The predicted molar refractivity (Wildman–Crippen MR) is 76.0 cm³/mol. The van der Waals surface area contributed by atoms with Crippen LogP contribution in [0.15, 0.2) is 18.2 Å². The van der Waals surface area contributed by atoms with Gasteiger partial charge in [-0.2, -0.15) is 11.8 Å². The summed E-state index contributed by atoms with van der Waals surface area (Å²) in [5, 5.41) is 10.9. The quantitative estimate of drug-likeness (QED) is 0.473. The van der Waals surface area contributed by atoms with E-state index in [0.717, 1.165) is 36.5 Å². The topological polar surface area (TPSA) is 90.4 Å². The standard InChI is InChI=1S/C12H17N3O3S/c13-14-11-4-3-9(6-12(11)15(16)17)7-19-8-10-2-1-5-18-10/h3-4,6,10,14H,1-2,5,7-8,13H2. The Balaban J connectivity index is 1.92. The summed E-state index contributed by atoms with van der Waals surface area (Å²) in [5.74, 6) is 6.92. The average Bonchev–Trinajstić information content (AvgIpc) is 2.91. The third kappa shape index (κ3) is 3.82. The zero-order chi connectivity index (χ0) is 13.7. The van der Waals surface area contributed by atoms with Crippen molar-refractivity contribution in [3.63, 3.8) is 0 Å². The van der Waals surface area contributed by atoms with Gasteiger partial charge in [0.25, 0.3) is 5.69 Å². The number of thioether (sulfide) groups is 1. The second-order valence-electron chi connectivity index (χ2n) is 4.40. The second-order valence-corrected chi connectivity index (χ2v) is 5.43. The zero-order valence-corrected chi connectivity index (χ0v) is 11.3. The highest BCUT2D eigenvalue weighted by atomic mass is 32.2. The largest absolute Gasteiger partial charge is 0.377 e. The van der Waals surface area contributed by atoms with Crippen LogP contribution in [-0.4, -0.2) is 23.4 Å². The van der Waals surface area contributed by atoms with Crippen molar-refractivity contribution in [3.8, 4) is 0 Å². The lowest BCUT2D eigenvalue weighted by atomic mass is 10.2. The Morgan fingerprint density at radius 3 is 3.05 bits per heavy atom. The number of nitrogens with one attached hydrogen (secondary N) is 1. The van der Waals surface area contributed by atoms with Gasteiger partial charge in [0.2, 0.25) is 0 Å². The fourth-order valence-corrected chi connectivity index (χ4v) is 3.08. The molecule has 104 valence electrons. The maximum absolute atomic E-state index is 10.9. The highest BCUT2D eigenvalue weighted by Gasteiger charge is 2.16. The summed E-state index contributed by atoms with van der Waals surface area (Å²) in [4.78, 5) is 10.5. The van der Waals surface area contributed by atoms with Crippen LogP contribution in [0.2, 0.25) is 0 Å². The van der Waals surface area contributed by atoms with Crippen molar-refractivity contribution < 1.29 is 9.66 Å². The fourth-order valence-electron chi connectivity index (χ4n) is 2.02. The molecule has 0 saturated carbocycles. The molecule has 1 aromatic carbocycles. The summed E-state index contributed by atoms with van der Waals surface area (Å²) in [7, 11) is 0. The molecule has 1 saturated heterocycles. The van der Waals surface area contributed by atoms with Crippen LogP contribution in [0.5, 0.6) is 0 Å². The number of anilines is 1. The lowest BCUT2D eigenvalue weighted by Gasteiger charge is -2.09. The van der Waals surface area contributed by atoms with Crippen molar-refractivity contribution in [2.75, 3.05) is 17.8 Å².